The average Bonchev–Trinajstić information content (AvgIpc) is 2.16. The molecule has 1 aromatic rings. The van der Waals surface area contributed by atoms with Crippen molar-refractivity contribution in [2.45, 2.75) is 19.8 Å². The average molecular weight is 189 g/mol. The lowest BCUT2D eigenvalue weighted by Crippen LogP contribution is -2.12. The van der Waals surface area contributed by atoms with Gasteiger partial charge in [-0.1, -0.05) is 13.8 Å². The lowest BCUT2D eigenvalue weighted by Gasteiger charge is -2.16. The summed E-state index contributed by atoms with van der Waals surface area (Å²) < 4.78 is 0. The maximum absolute atomic E-state index is 9.08. The van der Waals surface area contributed by atoms with Crippen molar-refractivity contribution in [1.29, 1.82) is 5.26 Å². The van der Waals surface area contributed by atoms with Crippen molar-refractivity contribution in [1.82, 2.24) is 4.98 Å². The molecule has 1 heterocycles. The van der Waals surface area contributed by atoms with Gasteiger partial charge >= 0.3 is 0 Å². The molecule has 0 radical (unpaired) electrons. The highest BCUT2D eigenvalue weighted by molar-refractivity contribution is 5.60. The molecule has 0 aliphatic rings. The molecule has 0 aromatic carbocycles. The Bertz CT molecular complexity index is 335. The molecule has 1 rings (SSSR count). The van der Waals surface area contributed by atoms with Crippen molar-refractivity contribution >= 4 is 5.69 Å². The van der Waals surface area contributed by atoms with E-state index in [1.165, 1.54) is 0 Å². The Morgan fingerprint density at radius 3 is 2.50 bits per heavy atom. The monoisotopic (exact) mass is 189 g/mol. The summed E-state index contributed by atoms with van der Waals surface area (Å²) in [5.41, 5.74) is 2.50. The molecule has 0 spiro atoms. The first kappa shape index (κ1) is 10.5. The maximum Gasteiger partial charge on any atom is 0.103 e. The number of aromatic nitrogens is 1. The minimum Gasteiger partial charge on any atom is -0.376 e. The van der Waals surface area contributed by atoms with Crippen LogP contribution < -0.4 is 4.90 Å². The van der Waals surface area contributed by atoms with Gasteiger partial charge in [0.2, 0.25) is 0 Å². The quantitative estimate of drug-likeness (QED) is 0.715. The molecule has 0 N–H and O–H groups in total. The van der Waals surface area contributed by atoms with Crippen LogP contribution in [0.2, 0.25) is 0 Å². The predicted molar refractivity (Wildman–Crippen MR) is 57.4 cm³/mol. The topological polar surface area (TPSA) is 39.9 Å². The number of nitriles is 1. The Hall–Kier alpha value is -1.56. The second-order valence-electron chi connectivity index (χ2n) is 3.75. The molecule has 14 heavy (non-hydrogen) atoms. The molecule has 0 unspecified atom stereocenters. The smallest absolute Gasteiger partial charge is 0.103 e. The Balaban J connectivity index is 3.34. The van der Waals surface area contributed by atoms with E-state index in [1.807, 2.05) is 38.9 Å². The molecule has 0 saturated heterocycles. The summed E-state index contributed by atoms with van der Waals surface area (Å²) in [6.07, 6.45) is 1.76. The van der Waals surface area contributed by atoms with E-state index in [2.05, 4.69) is 11.1 Å². The van der Waals surface area contributed by atoms with Gasteiger partial charge in [-0.2, -0.15) is 5.26 Å². The molecule has 0 atom stereocenters. The van der Waals surface area contributed by atoms with Gasteiger partial charge in [0.05, 0.1) is 16.9 Å². The molecule has 0 fully saturated rings. The molecule has 3 nitrogen and oxygen atoms in total. The van der Waals surface area contributed by atoms with Gasteiger partial charge in [-0.05, 0) is 12.0 Å². The van der Waals surface area contributed by atoms with Crippen LogP contribution in [0.3, 0.4) is 0 Å². The number of nitrogens with zero attached hydrogens (tertiary/aromatic N) is 3. The highest BCUT2D eigenvalue weighted by Crippen LogP contribution is 2.24. The van der Waals surface area contributed by atoms with E-state index in [4.69, 9.17) is 5.26 Å². The van der Waals surface area contributed by atoms with Crippen LogP contribution in [0.5, 0.6) is 0 Å². The number of rotatable bonds is 2. The molecular weight excluding hydrogens is 174 g/mol. The van der Waals surface area contributed by atoms with Gasteiger partial charge in [0, 0.05) is 20.3 Å². The molecule has 0 amide bonds. The summed E-state index contributed by atoms with van der Waals surface area (Å²) in [5, 5.41) is 9.08. The number of pyridine rings is 1. The lowest BCUT2D eigenvalue weighted by atomic mass is 10.0. The number of hydrogen-bond acceptors (Lipinski definition) is 3. The van der Waals surface area contributed by atoms with Crippen LogP contribution in [0.1, 0.15) is 31.0 Å². The number of anilines is 1. The van der Waals surface area contributed by atoms with E-state index >= 15 is 0 Å². The van der Waals surface area contributed by atoms with Gasteiger partial charge in [0.25, 0.3) is 0 Å². The minimum absolute atomic E-state index is 0.282. The van der Waals surface area contributed by atoms with E-state index in [0.717, 1.165) is 11.4 Å². The maximum atomic E-state index is 9.08. The zero-order valence-corrected chi connectivity index (χ0v) is 9.07. The standard InChI is InChI=1S/C11H15N3/c1-8(2)11-9(7-12)10(14(3)4)5-6-13-11/h5-6,8H,1-4H3. The van der Waals surface area contributed by atoms with Crippen LogP contribution in [0.15, 0.2) is 12.3 Å². The Morgan fingerprint density at radius 1 is 1.43 bits per heavy atom. The molecule has 3 heteroatoms. The zero-order chi connectivity index (χ0) is 10.7. The highest BCUT2D eigenvalue weighted by atomic mass is 15.1. The third kappa shape index (κ3) is 1.85. The summed E-state index contributed by atoms with van der Waals surface area (Å²) >= 11 is 0. The van der Waals surface area contributed by atoms with Gasteiger partial charge in [-0.15, -0.1) is 0 Å². The normalized spacial score (nSPS) is 10.0. The van der Waals surface area contributed by atoms with E-state index in [-0.39, 0.29) is 5.92 Å². The van der Waals surface area contributed by atoms with Gasteiger partial charge in [0.15, 0.2) is 0 Å². The lowest BCUT2D eigenvalue weighted by molar-refractivity contribution is 0.816. The van der Waals surface area contributed by atoms with Crippen LogP contribution in [-0.2, 0) is 0 Å². The van der Waals surface area contributed by atoms with Crippen molar-refractivity contribution in [3.05, 3.63) is 23.5 Å². The van der Waals surface area contributed by atoms with E-state index in [1.54, 1.807) is 6.20 Å². The molecule has 0 aliphatic carbocycles. The Kier molecular flexibility index (Phi) is 3.08. The largest absolute Gasteiger partial charge is 0.376 e. The van der Waals surface area contributed by atoms with Crippen LogP contribution in [0, 0.1) is 11.3 Å². The van der Waals surface area contributed by atoms with Gasteiger partial charge < -0.3 is 4.90 Å². The van der Waals surface area contributed by atoms with E-state index in [9.17, 15) is 0 Å². The second kappa shape index (κ2) is 4.10. The van der Waals surface area contributed by atoms with Crippen LogP contribution in [-0.4, -0.2) is 19.1 Å². The third-order valence-electron chi connectivity index (χ3n) is 2.10. The first-order valence-corrected chi connectivity index (χ1v) is 4.64. The molecule has 0 saturated carbocycles. The van der Waals surface area contributed by atoms with Crippen molar-refractivity contribution in [2.24, 2.45) is 0 Å². The fourth-order valence-electron chi connectivity index (χ4n) is 1.39. The molecular formula is C11H15N3. The molecule has 0 bridgehead atoms. The van der Waals surface area contributed by atoms with Gasteiger partial charge in [-0.3, -0.25) is 4.98 Å². The summed E-state index contributed by atoms with van der Waals surface area (Å²) in [6.45, 7) is 4.09. The highest BCUT2D eigenvalue weighted by Gasteiger charge is 2.12. The van der Waals surface area contributed by atoms with Crippen molar-refractivity contribution < 1.29 is 0 Å². The van der Waals surface area contributed by atoms with Crippen LogP contribution in [0.25, 0.3) is 0 Å². The third-order valence-corrected chi connectivity index (χ3v) is 2.10. The summed E-state index contributed by atoms with van der Waals surface area (Å²) in [7, 11) is 3.86. The zero-order valence-electron chi connectivity index (χ0n) is 9.07. The first-order chi connectivity index (χ1) is 6.57. The predicted octanol–water partition coefficient (Wildman–Crippen LogP) is 2.14. The summed E-state index contributed by atoms with van der Waals surface area (Å²) in [5.74, 6) is 0.282. The molecule has 74 valence electrons. The fourth-order valence-corrected chi connectivity index (χ4v) is 1.39. The second-order valence-corrected chi connectivity index (χ2v) is 3.75. The molecule has 0 aliphatic heterocycles. The summed E-state index contributed by atoms with van der Waals surface area (Å²) in [6, 6.07) is 4.09. The van der Waals surface area contributed by atoms with Gasteiger partial charge in [-0.25, -0.2) is 0 Å². The van der Waals surface area contributed by atoms with Crippen LogP contribution in [0.4, 0.5) is 5.69 Å². The Labute approximate surface area is 85.0 Å². The summed E-state index contributed by atoms with van der Waals surface area (Å²) in [4.78, 5) is 6.18. The van der Waals surface area contributed by atoms with Crippen molar-refractivity contribution in [3.8, 4) is 6.07 Å². The SMILES string of the molecule is CC(C)c1nccc(N(C)C)c1C#N. The van der Waals surface area contributed by atoms with Gasteiger partial charge in [0.1, 0.15) is 6.07 Å². The minimum atomic E-state index is 0.282. The van der Waals surface area contributed by atoms with Crippen molar-refractivity contribution in [3.63, 3.8) is 0 Å². The van der Waals surface area contributed by atoms with E-state index < -0.39 is 0 Å². The van der Waals surface area contributed by atoms with Crippen LogP contribution >= 0.6 is 0 Å². The first-order valence-electron chi connectivity index (χ1n) is 4.64. The Morgan fingerprint density at radius 2 is 2.07 bits per heavy atom. The van der Waals surface area contributed by atoms with Crippen molar-refractivity contribution in [2.75, 3.05) is 19.0 Å². The van der Waals surface area contributed by atoms with E-state index in [0.29, 0.717) is 5.56 Å². The number of hydrogen-bond donors (Lipinski definition) is 0. The fraction of sp³-hybridized carbons (Fsp3) is 0.455. The molecule has 1 aromatic heterocycles.